The van der Waals surface area contributed by atoms with Gasteiger partial charge in [0.15, 0.2) is 0 Å². The molecule has 0 heteroatoms. The zero-order chi connectivity index (χ0) is 12.2. The maximum absolute atomic E-state index is 3.73. The summed E-state index contributed by atoms with van der Waals surface area (Å²) in [7, 11) is 0. The molecule has 0 unspecified atom stereocenters. The highest BCUT2D eigenvalue weighted by Crippen LogP contribution is 2.14. The molecular formula is C16H22. The minimum absolute atomic E-state index is 1.03. The predicted octanol–water partition coefficient (Wildman–Crippen LogP) is 5.14. The molecule has 0 saturated carbocycles. The lowest BCUT2D eigenvalue weighted by Crippen LogP contribution is -1.83. The monoisotopic (exact) mass is 214 g/mol. The van der Waals surface area contributed by atoms with Crippen LogP contribution in [0.15, 0.2) is 72.9 Å². The van der Waals surface area contributed by atoms with E-state index in [-0.39, 0.29) is 0 Å². The van der Waals surface area contributed by atoms with Gasteiger partial charge in [-0.25, -0.2) is 0 Å². The Hall–Kier alpha value is -1.56. The van der Waals surface area contributed by atoms with Crippen LogP contribution in [0.2, 0.25) is 0 Å². The zero-order valence-corrected chi connectivity index (χ0v) is 10.4. The molecule has 0 aliphatic rings. The first-order chi connectivity index (χ1) is 7.78. The van der Waals surface area contributed by atoms with Gasteiger partial charge in [0.2, 0.25) is 0 Å². The second kappa shape index (κ2) is 9.97. The maximum Gasteiger partial charge on any atom is -0.0238 e. The van der Waals surface area contributed by atoms with E-state index in [0.29, 0.717) is 0 Å². The fourth-order valence-corrected chi connectivity index (χ4v) is 1.46. The lowest BCUT2D eigenvalue weighted by atomic mass is 10.0. The van der Waals surface area contributed by atoms with Crippen LogP contribution in [0.5, 0.6) is 0 Å². The van der Waals surface area contributed by atoms with E-state index in [4.69, 9.17) is 0 Å². The topological polar surface area (TPSA) is 0 Å². The van der Waals surface area contributed by atoms with E-state index in [1.165, 1.54) is 11.1 Å². The van der Waals surface area contributed by atoms with Crippen LogP contribution < -0.4 is 0 Å². The highest BCUT2D eigenvalue weighted by molar-refractivity contribution is 5.27. The summed E-state index contributed by atoms with van der Waals surface area (Å²) < 4.78 is 0. The van der Waals surface area contributed by atoms with Crippen molar-refractivity contribution in [1.29, 1.82) is 0 Å². The third-order valence-corrected chi connectivity index (χ3v) is 2.13. The zero-order valence-electron chi connectivity index (χ0n) is 10.4. The molecule has 0 radical (unpaired) electrons. The molecule has 0 aromatic carbocycles. The summed E-state index contributed by atoms with van der Waals surface area (Å²) in [6.07, 6.45) is 18.2. The van der Waals surface area contributed by atoms with Crippen LogP contribution >= 0.6 is 0 Å². The summed E-state index contributed by atoms with van der Waals surface area (Å²) in [5, 5.41) is 0. The average Bonchev–Trinajstić information content (AvgIpc) is 2.27. The first kappa shape index (κ1) is 14.4. The van der Waals surface area contributed by atoms with Gasteiger partial charge in [0, 0.05) is 0 Å². The van der Waals surface area contributed by atoms with Gasteiger partial charge in [0.1, 0.15) is 0 Å². The highest BCUT2D eigenvalue weighted by Gasteiger charge is 1.95. The van der Waals surface area contributed by atoms with Crippen molar-refractivity contribution in [3.8, 4) is 0 Å². The number of hydrogen-bond donors (Lipinski definition) is 0. The Bertz CT molecular complexity index is 288. The lowest BCUT2D eigenvalue weighted by molar-refractivity contribution is 0.969. The van der Waals surface area contributed by atoms with E-state index in [1.54, 1.807) is 0 Å². The van der Waals surface area contributed by atoms with Gasteiger partial charge in [-0.15, -0.1) is 0 Å². The van der Waals surface area contributed by atoms with Crippen LogP contribution in [0.4, 0.5) is 0 Å². The van der Waals surface area contributed by atoms with Crippen molar-refractivity contribution < 1.29 is 0 Å². The van der Waals surface area contributed by atoms with E-state index >= 15 is 0 Å². The SMILES string of the molecule is C=C/C=C(\C=C/C)CCC(/C=C\C)=C/C=C. The smallest absolute Gasteiger partial charge is 0.0238 e. The van der Waals surface area contributed by atoms with Gasteiger partial charge in [0.25, 0.3) is 0 Å². The summed E-state index contributed by atoms with van der Waals surface area (Å²) in [5.74, 6) is 0. The molecule has 0 bridgehead atoms. The molecule has 0 aromatic heterocycles. The summed E-state index contributed by atoms with van der Waals surface area (Å²) in [5.41, 5.74) is 2.61. The molecule has 0 atom stereocenters. The van der Waals surface area contributed by atoms with Crippen molar-refractivity contribution in [3.05, 3.63) is 72.9 Å². The predicted molar refractivity (Wildman–Crippen MR) is 75.4 cm³/mol. The van der Waals surface area contributed by atoms with Crippen LogP contribution in [0.3, 0.4) is 0 Å². The molecule has 0 aliphatic heterocycles. The molecule has 0 spiro atoms. The van der Waals surface area contributed by atoms with E-state index in [9.17, 15) is 0 Å². The van der Waals surface area contributed by atoms with Crippen molar-refractivity contribution in [2.45, 2.75) is 26.7 Å². The van der Waals surface area contributed by atoms with Crippen molar-refractivity contribution in [3.63, 3.8) is 0 Å². The largest absolute Gasteiger partial charge is 0.0991 e. The third kappa shape index (κ3) is 6.83. The van der Waals surface area contributed by atoms with E-state index < -0.39 is 0 Å². The van der Waals surface area contributed by atoms with Crippen molar-refractivity contribution in [2.24, 2.45) is 0 Å². The Morgan fingerprint density at radius 3 is 1.44 bits per heavy atom. The fraction of sp³-hybridized carbons (Fsp3) is 0.250. The molecule has 16 heavy (non-hydrogen) atoms. The van der Waals surface area contributed by atoms with Gasteiger partial charge >= 0.3 is 0 Å². The van der Waals surface area contributed by atoms with Crippen molar-refractivity contribution in [1.82, 2.24) is 0 Å². The Kier molecular flexibility index (Phi) is 9.00. The summed E-state index contributed by atoms with van der Waals surface area (Å²) >= 11 is 0. The lowest BCUT2D eigenvalue weighted by Gasteiger charge is -2.03. The summed E-state index contributed by atoms with van der Waals surface area (Å²) in [6.45, 7) is 11.5. The van der Waals surface area contributed by atoms with Crippen LogP contribution in [-0.2, 0) is 0 Å². The molecule has 0 heterocycles. The minimum Gasteiger partial charge on any atom is -0.0991 e. The van der Waals surface area contributed by atoms with Gasteiger partial charge in [-0.1, -0.05) is 61.8 Å². The number of hydrogen-bond acceptors (Lipinski definition) is 0. The standard InChI is InChI=1S/C16H22/c1-5-9-15(10-6-2)13-14-16(11-7-3)12-8-4/h5-12H,1,3,13-14H2,2,4H3/b10-6-,12-8-,15-9+,16-11+. The van der Waals surface area contributed by atoms with Crippen LogP contribution in [0.1, 0.15) is 26.7 Å². The second-order valence-electron chi connectivity index (χ2n) is 3.45. The molecular weight excluding hydrogens is 192 g/mol. The first-order valence-electron chi connectivity index (χ1n) is 5.67. The number of rotatable bonds is 7. The normalized spacial score (nSPS) is 13.6. The highest BCUT2D eigenvalue weighted by atomic mass is 14.0. The average molecular weight is 214 g/mol. The van der Waals surface area contributed by atoms with Gasteiger partial charge in [-0.2, -0.15) is 0 Å². The Labute approximate surface area is 100 Å². The van der Waals surface area contributed by atoms with E-state index in [2.05, 4.69) is 49.6 Å². The van der Waals surface area contributed by atoms with Gasteiger partial charge in [-0.05, 0) is 37.8 Å². The molecule has 0 fully saturated rings. The fourth-order valence-electron chi connectivity index (χ4n) is 1.46. The molecule has 0 aromatic rings. The van der Waals surface area contributed by atoms with Crippen LogP contribution in [-0.4, -0.2) is 0 Å². The molecule has 86 valence electrons. The molecule has 0 N–H and O–H groups in total. The minimum atomic E-state index is 1.03. The first-order valence-corrected chi connectivity index (χ1v) is 5.67. The summed E-state index contributed by atoms with van der Waals surface area (Å²) in [6, 6.07) is 0. The van der Waals surface area contributed by atoms with Gasteiger partial charge < -0.3 is 0 Å². The molecule has 0 aliphatic carbocycles. The Balaban J connectivity index is 4.49. The number of allylic oxidation sites excluding steroid dienone is 10. The van der Waals surface area contributed by atoms with Gasteiger partial charge in [-0.3, -0.25) is 0 Å². The third-order valence-electron chi connectivity index (χ3n) is 2.13. The Morgan fingerprint density at radius 1 is 0.812 bits per heavy atom. The van der Waals surface area contributed by atoms with Crippen LogP contribution in [0, 0.1) is 0 Å². The molecule has 0 nitrogen and oxygen atoms in total. The molecule has 0 rings (SSSR count). The second-order valence-corrected chi connectivity index (χ2v) is 3.45. The van der Waals surface area contributed by atoms with E-state index in [1.807, 2.05) is 26.0 Å². The van der Waals surface area contributed by atoms with Crippen LogP contribution in [0.25, 0.3) is 0 Å². The molecule has 0 saturated heterocycles. The summed E-state index contributed by atoms with van der Waals surface area (Å²) in [4.78, 5) is 0. The Morgan fingerprint density at radius 2 is 1.19 bits per heavy atom. The van der Waals surface area contributed by atoms with Gasteiger partial charge in [0.05, 0.1) is 0 Å². The maximum atomic E-state index is 3.73. The molecule has 0 amide bonds. The van der Waals surface area contributed by atoms with Crippen molar-refractivity contribution in [2.75, 3.05) is 0 Å². The quantitative estimate of drug-likeness (QED) is 0.514. The van der Waals surface area contributed by atoms with Crippen molar-refractivity contribution >= 4 is 0 Å². The van der Waals surface area contributed by atoms with E-state index in [0.717, 1.165) is 12.8 Å².